The van der Waals surface area contributed by atoms with Crippen LogP contribution in [0, 0.1) is 0 Å². The molecule has 4 nitrogen and oxygen atoms in total. The van der Waals surface area contributed by atoms with Gasteiger partial charge in [0.1, 0.15) is 0 Å². The summed E-state index contributed by atoms with van der Waals surface area (Å²) < 4.78 is 0. The number of benzene rings is 1. The van der Waals surface area contributed by atoms with E-state index in [2.05, 4.69) is 36.2 Å². The summed E-state index contributed by atoms with van der Waals surface area (Å²) >= 11 is 0. The van der Waals surface area contributed by atoms with Gasteiger partial charge in [-0.1, -0.05) is 30.3 Å². The molecule has 0 aromatic heterocycles. The molecule has 1 saturated heterocycles. The van der Waals surface area contributed by atoms with Gasteiger partial charge >= 0.3 is 0 Å². The second-order valence-corrected chi connectivity index (χ2v) is 6.15. The molecule has 4 heteroatoms. The number of likely N-dealkylation sites (N-methyl/N-ethyl adjacent to an activating group) is 1. The molecule has 0 radical (unpaired) electrons. The zero-order chi connectivity index (χ0) is 15.2. The van der Waals surface area contributed by atoms with Crippen molar-refractivity contribution >= 4 is 5.91 Å². The molecule has 2 N–H and O–H groups in total. The number of carbonyl (C=O) groups excluding carboxylic acids is 1. The Morgan fingerprint density at radius 2 is 2.10 bits per heavy atom. The van der Waals surface area contributed by atoms with Crippen molar-refractivity contribution in [1.82, 2.24) is 9.80 Å². The minimum absolute atomic E-state index is 0.0906. The van der Waals surface area contributed by atoms with Gasteiger partial charge in [-0.25, -0.2) is 0 Å². The number of amides is 1. The number of nitrogens with zero attached hydrogens (tertiary/aromatic N) is 2. The van der Waals surface area contributed by atoms with Crippen LogP contribution >= 0.6 is 0 Å². The van der Waals surface area contributed by atoms with Gasteiger partial charge in [-0.15, -0.1) is 0 Å². The smallest absolute Gasteiger partial charge is 0.239 e. The lowest BCUT2D eigenvalue weighted by Gasteiger charge is -2.38. The van der Waals surface area contributed by atoms with E-state index in [0.717, 1.165) is 32.5 Å². The average molecular weight is 289 g/mol. The van der Waals surface area contributed by atoms with Crippen LogP contribution in [-0.4, -0.2) is 47.9 Å². The second kappa shape index (κ2) is 7.57. The molecule has 1 aromatic rings. The summed E-state index contributed by atoms with van der Waals surface area (Å²) in [4.78, 5) is 16.5. The van der Waals surface area contributed by atoms with Crippen molar-refractivity contribution in [3.05, 3.63) is 35.9 Å². The summed E-state index contributed by atoms with van der Waals surface area (Å²) in [5.41, 5.74) is 7.08. The standard InChI is InChI=1S/C17H27N3O/c1-14(18)17(21)20-11-7-6-10-16(20)13-19(2)12-15-8-4-3-5-9-15/h3-5,8-9,14,16H,6-7,10-13,18H2,1-2H3/t14?,16-/m0/s1. The molecular formula is C17H27N3O. The molecule has 0 saturated carbocycles. The number of carbonyl (C=O) groups is 1. The predicted molar refractivity (Wildman–Crippen MR) is 85.8 cm³/mol. The van der Waals surface area contributed by atoms with Crippen LogP contribution in [0.15, 0.2) is 30.3 Å². The molecule has 1 unspecified atom stereocenters. The van der Waals surface area contributed by atoms with E-state index >= 15 is 0 Å². The van der Waals surface area contributed by atoms with Crippen molar-refractivity contribution in [3.63, 3.8) is 0 Å². The van der Waals surface area contributed by atoms with Gasteiger partial charge in [-0.2, -0.15) is 0 Å². The first-order valence-electron chi connectivity index (χ1n) is 7.86. The molecule has 0 spiro atoms. The maximum atomic E-state index is 12.2. The highest BCUT2D eigenvalue weighted by Crippen LogP contribution is 2.19. The number of likely N-dealkylation sites (tertiary alicyclic amines) is 1. The van der Waals surface area contributed by atoms with Gasteiger partial charge in [0.25, 0.3) is 0 Å². The number of rotatable bonds is 5. The van der Waals surface area contributed by atoms with Gasteiger partial charge in [0.2, 0.25) is 5.91 Å². The largest absolute Gasteiger partial charge is 0.337 e. The quantitative estimate of drug-likeness (QED) is 0.900. The van der Waals surface area contributed by atoms with Gasteiger partial charge in [0.05, 0.1) is 6.04 Å². The molecule has 2 rings (SSSR count). The summed E-state index contributed by atoms with van der Waals surface area (Å²) in [6.45, 7) is 4.46. The number of hydrogen-bond acceptors (Lipinski definition) is 3. The molecule has 116 valence electrons. The number of piperidine rings is 1. The lowest BCUT2D eigenvalue weighted by Crippen LogP contribution is -2.53. The van der Waals surface area contributed by atoms with Crippen molar-refractivity contribution in [2.24, 2.45) is 5.73 Å². The molecule has 1 amide bonds. The third-order valence-electron chi connectivity index (χ3n) is 4.12. The van der Waals surface area contributed by atoms with Crippen LogP contribution in [-0.2, 0) is 11.3 Å². The zero-order valence-corrected chi connectivity index (χ0v) is 13.2. The minimum atomic E-state index is -0.398. The highest BCUT2D eigenvalue weighted by Gasteiger charge is 2.28. The van der Waals surface area contributed by atoms with Crippen LogP contribution in [0.2, 0.25) is 0 Å². The summed E-state index contributed by atoms with van der Waals surface area (Å²) in [7, 11) is 2.12. The first-order valence-corrected chi connectivity index (χ1v) is 7.86. The molecule has 1 fully saturated rings. The monoisotopic (exact) mass is 289 g/mol. The van der Waals surface area contributed by atoms with Gasteiger partial charge in [-0.3, -0.25) is 4.79 Å². The SMILES string of the molecule is CC(N)C(=O)N1CCCC[C@H]1CN(C)Cc1ccccc1. The predicted octanol–water partition coefficient (Wildman–Crippen LogP) is 1.85. The van der Waals surface area contributed by atoms with E-state index in [9.17, 15) is 4.79 Å². The molecule has 0 aliphatic carbocycles. The van der Waals surface area contributed by atoms with Crippen LogP contribution in [0.4, 0.5) is 0 Å². The molecule has 1 heterocycles. The lowest BCUT2D eigenvalue weighted by molar-refractivity contribution is -0.136. The Morgan fingerprint density at radius 3 is 2.76 bits per heavy atom. The molecule has 1 aliphatic rings. The summed E-state index contributed by atoms with van der Waals surface area (Å²) in [6.07, 6.45) is 3.38. The Bertz CT molecular complexity index is 447. The first kappa shape index (κ1) is 16.0. The zero-order valence-electron chi connectivity index (χ0n) is 13.2. The topological polar surface area (TPSA) is 49.6 Å². The first-order chi connectivity index (χ1) is 10.1. The van der Waals surface area contributed by atoms with E-state index in [0.29, 0.717) is 6.04 Å². The van der Waals surface area contributed by atoms with Crippen LogP contribution in [0.1, 0.15) is 31.7 Å². The highest BCUT2D eigenvalue weighted by atomic mass is 16.2. The van der Waals surface area contributed by atoms with E-state index in [4.69, 9.17) is 5.73 Å². The van der Waals surface area contributed by atoms with Gasteiger partial charge in [0.15, 0.2) is 0 Å². The third kappa shape index (κ3) is 4.55. The Morgan fingerprint density at radius 1 is 1.38 bits per heavy atom. The van der Waals surface area contributed by atoms with Crippen molar-refractivity contribution < 1.29 is 4.79 Å². The summed E-state index contributed by atoms with van der Waals surface area (Å²) in [6, 6.07) is 10.3. The molecule has 21 heavy (non-hydrogen) atoms. The number of nitrogens with two attached hydrogens (primary N) is 1. The maximum Gasteiger partial charge on any atom is 0.239 e. The average Bonchev–Trinajstić information content (AvgIpc) is 2.48. The van der Waals surface area contributed by atoms with E-state index in [-0.39, 0.29) is 5.91 Å². The van der Waals surface area contributed by atoms with Crippen molar-refractivity contribution in [3.8, 4) is 0 Å². The van der Waals surface area contributed by atoms with E-state index in [1.54, 1.807) is 6.92 Å². The maximum absolute atomic E-state index is 12.2. The molecular weight excluding hydrogens is 262 g/mol. The van der Waals surface area contributed by atoms with E-state index < -0.39 is 6.04 Å². The third-order valence-corrected chi connectivity index (χ3v) is 4.12. The lowest BCUT2D eigenvalue weighted by atomic mass is 10.0. The van der Waals surface area contributed by atoms with Crippen molar-refractivity contribution in [1.29, 1.82) is 0 Å². The summed E-state index contributed by atoms with van der Waals surface area (Å²) in [5.74, 6) is 0.0906. The Kier molecular flexibility index (Phi) is 5.76. The van der Waals surface area contributed by atoms with E-state index in [1.165, 1.54) is 12.0 Å². The molecule has 1 aromatic carbocycles. The van der Waals surface area contributed by atoms with Gasteiger partial charge in [-0.05, 0) is 38.8 Å². The van der Waals surface area contributed by atoms with Crippen molar-refractivity contribution in [2.45, 2.75) is 44.8 Å². The molecule has 2 atom stereocenters. The normalized spacial score (nSPS) is 20.6. The fraction of sp³-hybridized carbons (Fsp3) is 0.588. The van der Waals surface area contributed by atoms with Crippen molar-refractivity contribution in [2.75, 3.05) is 20.1 Å². The fourth-order valence-corrected chi connectivity index (χ4v) is 3.06. The fourth-order valence-electron chi connectivity index (χ4n) is 3.06. The van der Waals surface area contributed by atoms with Crippen LogP contribution < -0.4 is 5.73 Å². The van der Waals surface area contributed by atoms with Gasteiger partial charge < -0.3 is 15.5 Å². The van der Waals surface area contributed by atoms with Crippen LogP contribution in [0.3, 0.4) is 0 Å². The molecule has 0 bridgehead atoms. The highest BCUT2D eigenvalue weighted by molar-refractivity contribution is 5.81. The Balaban J connectivity index is 1.94. The molecule has 1 aliphatic heterocycles. The van der Waals surface area contributed by atoms with Crippen LogP contribution in [0.5, 0.6) is 0 Å². The van der Waals surface area contributed by atoms with Crippen LogP contribution in [0.25, 0.3) is 0 Å². The number of hydrogen-bond donors (Lipinski definition) is 1. The Labute approximate surface area is 127 Å². The Hall–Kier alpha value is -1.39. The van der Waals surface area contributed by atoms with Gasteiger partial charge in [0, 0.05) is 25.7 Å². The van der Waals surface area contributed by atoms with E-state index in [1.807, 2.05) is 11.0 Å². The second-order valence-electron chi connectivity index (χ2n) is 6.15. The summed E-state index contributed by atoms with van der Waals surface area (Å²) in [5, 5.41) is 0. The minimum Gasteiger partial charge on any atom is -0.337 e.